The Morgan fingerprint density at radius 1 is 1.04 bits per heavy atom. The van der Waals surface area contributed by atoms with Crippen LogP contribution in [0.25, 0.3) is 0 Å². The van der Waals surface area contributed by atoms with E-state index in [4.69, 9.17) is 0 Å². The molecule has 8 heteroatoms. The molecule has 0 amide bonds. The minimum absolute atomic E-state index is 0.00373. The molecule has 0 aliphatic rings. The molecule has 1 N–H and O–H groups in total. The molecule has 0 aliphatic carbocycles. The summed E-state index contributed by atoms with van der Waals surface area (Å²) < 4.78 is 40.5. The van der Waals surface area contributed by atoms with Gasteiger partial charge in [-0.15, -0.1) is 10.2 Å². The summed E-state index contributed by atoms with van der Waals surface area (Å²) in [5, 5.41) is 8.02. The van der Waals surface area contributed by atoms with Crippen molar-refractivity contribution >= 4 is 21.7 Å². The van der Waals surface area contributed by atoms with Crippen molar-refractivity contribution in [2.24, 2.45) is 0 Å². The van der Waals surface area contributed by atoms with E-state index in [0.717, 1.165) is 11.6 Å². The lowest BCUT2D eigenvalue weighted by atomic mass is 10.2. The van der Waals surface area contributed by atoms with Crippen molar-refractivity contribution in [1.29, 1.82) is 0 Å². The van der Waals surface area contributed by atoms with Gasteiger partial charge in [-0.05, 0) is 48.4 Å². The second kappa shape index (κ2) is 7.71. The summed E-state index contributed by atoms with van der Waals surface area (Å²) in [6, 6.07) is 16.6. The Bertz CT molecular complexity index is 1030. The van der Waals surface area contributed by atoms with Crippen molar-refractivity contribution < 1.29 is 12.8 Å². The van der Waals surface area contributed by atoms with Crippen molar-refractivity contribution in [2.45, 2.75) is 18.4 Å². The Balaban J connectivity index is 1.73. The molecule has 0 bridgehead atoms. The van der Waals surface area contributed by atoms with Crippen molar-refractivity contribution in [3.8, 4) is 0 Å². The number of hydrogen-bond donors (Lipinski definition) is 1. The minimum atomic E-state index is -3.88. The predicted molar refractivity (Wildman–Crippen MR) is 103 cm³/mol. The molecule has 0 saturated heterocycles. The minimum Gasteiger partial charge on any atom is -0.354 e. The van der Waals surface area contributed by atoms with Crippen molar-refractivity contribution in [1.82, 2.24) is 10.2 Å². The van der Waals surface area contributed by atoms with E-state index in [1.54, 1.807) is 12.1 Å². The molecule has 3 rings (SSSR count). The number of halogens is 1. The summed E-state index contributed by atoms with van der Waals surface area (Å²) in [4.78, 5) is 1.90. The Kier molecular flexibility index (Phi) is 5.36. The number of rotatable bonds is 6. The third-order valence-corrected chi connectivity index (χ3v) is 5.48. The number of anilines is 2. The first-order valence-corrected chi connectivity index (χ1v) is 9.71. The SMILES string of the molecule is Cc1cc(F)ccc1S(=O)(=O)Nc1ccc(N(C)Cc2ccccc2)nn1. The standard InChI is InChI=1S/C19H19FN4O2S/c1-14-12-16(20)8-9-17(14)27(25,26)23-18-10-11-19(22-21-18)24(2)13-15-6-4-3-5-7-15/h3-12H,13H2,1-2H3,(H,21,23). The fourth-order valence-electron chi connectivity index (χ4n) is 2.63. The predicted octanol–water partition coefficient (Wildman–Crippen LogP) is 3.36. The van der Waals surface area contributed by atoms with Crippen LogP contribution in [0, 0.1) is 12.7 Å². The quantitative estimate of drug-likeness (QED) is 0.703. The number of aryl methyl sites for hydroxylation is 1. The molecule has 2 aromatic carbocycles. The normalized spacial score (nSPS) is 11.2. The molecule has 0 aliphatic heterocycles. The summed E-state index contributed by atoms with van der Waals surface area (Å²) >= 11 is 0. The molecule has 27 heavy (non-hydrogen) atoms. The molecule has 0 radical (unpaired) electrons. The zero-order valence-corrected chi connectivity index (χ0v) is 15.7. The fraction of sp³-hybridized carbons (Fsp3) is 0.158. The monoisotopic (exact) mass is 386 g/mol. The van der Waals surface area contributed by atoms with Crippen molar-refractivity contribution in [3.05, 3.63) is 77.6 Å². The van der Waals surface area contributed by atoms with Gasteiger partial charge in [-0.1, -0.05) is 30.3 Å². The maximum Gasteiger partial charge on any atom is 0.263 e. The van der Waals surface area contributed by atoms with E-state index in [1.807, 2.05) is 42.3 Å². The number of sulfonamides is 1. The second-order valence-electron chi connectivity index (χ2n) is 6.13. The Morgan fingerprint density at radius 2 is 1.78 bits per heavy atom. The number of nitrogens with zero attached hydrogens (tertiary/aromatic N) is 3. The Labute approximate surface area is 157 Å². The molecule has 0 atom stereocenters. The van der Waals surface area contributed by atoms with E-state index in [0.29, 0.717) is 17.9 Å². The van der Waals surface area contributed by atoms with Gasteiger partial charge in [0.05, 0.1) is 4.90 Å². The first kappa shape index (κ1) is 18.8. The van der Waals surface area contributed by atoms with E-state index >= 15 is 0 Å². The van der Waals surface area contributed by atoms with Gasteiger partial charge in [0.1, 0.15) is 5.82 Å². The van der Waals surface area contributed by atoms with Gasteiger partial charge in [0.25, 0.3) is 10.0 Å². The highest BCUT2D eigenvalue weighted by molar-refractivity contribution is 7.92. The molecule has 6 nitrogen and oxygen atoms in total. The summed E-state index contributed by atoms with van der Waals surface area (Å²) in [5.41, 5.74) is 1.44. The highest BCUT2D eigenvalue weighted by Gasteiger charge is 2.18. The van der Waals surface area contributed by atoms with Gasteiger partial charge < -0.3 is 4.90 Å². The summed E-state index contributed by atoms with van der Waals surface area (Å²) in [6.45, 7) is 2.18. The van der Waals surface area contributed by atoms with E-state index in [2.05, 4.69) is 14.9 Å². The average Bonchev–Trinajstić information content (AvgIpc) is 2.62. The van der Waals surface area contributed by atoms with Crippen LogP contribution in [0.15, 0.2) is 65.6 Å². The molecule has 3 aromatic rings. The Morgan fingerprint density at radius 3 is 2.41 bits per heavy atom. The lowest BCUT2D eigenvalue weighted by Gasteiger charge is -2.18. The third-order valence-electron chi connectivity index (χ3n) is 3.97. The van der Waals surface area contributed by atoms with Gasteiger partial charge in [0.2, 0.25) is 0 Å². The van der Waals surface area contributed by atoms with E-state index < -0.39 is 15.8 Å². The number of benzene rings is 2. The van der Waals surface area contributed by atoms with E-state index in [1.165, 1.54) is 19.1 Å². The van der Waals surface area contributed by atoms with Crippen LogP contribution in [0.4, 0.5) is 16.0 Å². The molecule has 0 fully saturated rings. The summed E-state index contributed by atoms with van der Waals surface area (Å²) in [7, 11) is -2.00. The lowest BCUT2D eigenvalue weighted by molar-refractivity contribution is 0.598. The molecular formula is C19H19FN4O2S. The fourth-order valence-corrected chi connectivity index (χ4v) is 3.85. The smallest absolute Gasteiger partial charge is 0.263 e. The van der Waals surface area contributed by atoms with Crippen LogP contribution in [0.5, 0.6) is 0 Å². The highest BCUT2D eigenvalue weighted by Crippen LogP contribution is 2.20. The van der Waals surface area contributed by atoms with Gasteiger partial charge in [-0.2, -0.15) is 0 Å². The van der Waals surface area contributed by atoms with Gasteiger partial charge in [0.15, 0.2) is 11.6 Å². The third kappa shape index (κ3) is 4.59. The van der Waals surface area contributed by atoms with Crippen LogP contribution in [0.1, 0.15) is 11.1 Å². The topological polar surface area (TPSA) is 75.2 Å². The van der Waals surface area contributed by atoms with Crippen molar-refractivity contribution in [2.75, 3.05) is 16.7 Å². The van der Waals surface area contributed by atoms with Gasteiger partial charge >= 0.3 is 0 Å². The number of aromatic nitrogens is 2. The zero-order valence-electron chi connectivity index (χ0n) is 14.9. The summed E-state index contributed by atoms with van der Waals surface area (Å²) in [6.07, 6.45) is 0. The van der Waals surface area contributed by atoms with Crippen LogP contribution in [-0.2, 0) is 16.6 Å². The number of hydrogen-bond acceptors (Lipinski definition) is 5. The first-order chi connectivity index (χ1) is 12.8. The largest absolute Gasteiger partial charge is 0.354 e. The molecule has 0 unspecified atom stereocenters. The van der Waals surface area contributed by atoms with Gasteiger partial charge in [-0.25, -0.2) is 12.8 Å². The average molecular weight is 386 g/mol. The molecule has 1 heterocycles. The first-order valence-electron chi connectivity index (χ1n) is 8.23. The van der Waals surface area contributed by atoms with Crippen LogP contribution in [0.2, 0.25) is 0 Å². The molecule has 1 aromatic heterocycles. The van der Waals surface area contributed by atoms with Crippen LogP contribution >= 0.6 is 0 Å². The van der Waals surface area contributed by atoms with Gasteiger partial charge in [-0.3, -0.25) is 4.72 Å². The maximum absolute atomic E-state index is 13.2. The van der Waals surface area contributed by atoms with Crippen LogP contribution in [-0.4, -0.2) is 25.7 Å². The highest BCUT2D eigenvalue weighted by atomic mass is 32.2. The van der Waals surface area contributed by atoms with E-state index in [9.17, 15) is 12.8 Å². The second-order valence-corrected chi connectivity index (χ2v) is 7.78. The zero-order chi connectivity index (χ0) is 19.4. The molecule has 0 spiro atoms. The van der Waals surface area contributed by atoms with Crippen LogP contribution in [0.3, 0.4) is 0 Å². The molecular weight excluding hydrogens is 367 g/mol. The van der Waals surface area contributed by atoms with Crippen molar-refractivity contribution in [3.63, 3.8) is 0 Å². The van der Waals surface area contributed by atoms with Gasteiger partial charge in [0, 0.05) is 13.6 Å². The molecule has 140 valence electrons. The van der Waals surface area contributed by atoms with E-state index in [-0.39, 0.29) is 10.7 Å². The lowest BCUT2D eigenvalue weighted by Crippen LogP contribution is -2.19. The summed E-state index contributed by atoms with van der Waals surface area (Å²) in [5.74, 6) is 0.215. The molecule has 0 saturated carbocycles. The van der Waals surface area contributed by atoms with Crippen LogP contribution < -0.4 is 9.62 Å². The number of nitrogens with one attached hydrogen (secondary N) is 1. The maximum atomic E-state index is 13.2. The Hall–Kier alpha value is -3.00.